The third-order valence-electron chi connectivity index (χ3n) is 2.79. The first-order valence-corrected chi connectivity index (χ1v) is 6.24. The molecule has 0 radical (unpaired) electrons. The number of rotatable bonds is 4. The van der Waals surface area contributed by atoms with Crippen molar-refractivity contribution in [3.8, 4) is 0 Å². The molecule has 1 aromatic carbocycles. The van der Waals surface area contributed by atoms with E-state index in [4.69, 9.17) is 11.5 Å². The second-order valence-electron chi connectivity index (χ2n) is 3.97. The van der Waals surface area contributed by atoms with Crippen LogP contribution in [0, 0.1) is 0 Å². The van der Waals surface area contributed by atoms with Crippen molar-refractivity contribution in [2.75, 3.05) is 6.54 Å². The molecule has 0 saturated carbocycles. The van der Waals surface area contributed by atoms with Crippen molar-refractivity contribution in [1.82, 2.24) is 4.98 Å². The summed E-state index contributed by atoms with van der Waals surface area (Å²) in [5, 5.41) is 1.19. The van der Waals surface area contributed by atoms with Gasteiger partial charge in [-0.15, -0.1) is 12.4 Å². The van der Waals surface area contributed by atoms with Crippen LogP contribution in [0.5, 0.6) is 0 Å². The van der Waals surface area contributed by atoms with Crippen LogP contribution in [0.1, 0.15) is 24.4 Å². The van der Waals surface area contributed by atoms with Crippen molar-refractivity contribution in [3.63, 3.8) is 0 Å². The summed E-state index contributed by atoms with van der Waals surface area (Å²) in [7, 11) is 0. The summed E-state index contributed by atoms with van der Waals surface area (Å²) in [4.78, 5) is 3.24. The SMILES string of the molecule is Cl.NCCC[C@H](N)c1c[nH]c2ccc(Br)cc12. The third-order valence-corrected chi connectivity index (χ3v) is 3.29. The number of halogens is 2. The lowest BCUT2D eigenvalue weighted by Gasteiger charge is -2.09. The number of aromatic nitrogens is 1. The summed E-state index contributed by atoms with van der Waals surface area (Å²) in [6.07, 6.45) is 3.89. The highest BCUT2D eigenvalue weighted by Gasteiger charge is 2.11. The van der Waals surface area contributed by atoms with Crippen LogP contribution in [-0.2, 0) is 0 Å². The molecule has 0 fully saturated rings. The molecule has 17 heavy (non-hydrogen) atoms. The number of hydrogen-bond acceptors (Lipinski definition) is 2. The van der Waals surface area contributed by atoms with E-state index in [0.29, 0.717) is 6.54 Å². The molecule has 3 nitrogen and oxygen atoms in total. The van der Waals surface area contributed by atoms with E-state index < -0.39 is 0 Å². The standard InChI is InChI=1S/C12H16BrN3.ClH/c13-8-3-4-12-9(6-8)10(7-16-12)11(15)2-1-5-14;/h3-4,6-7,11,16H,1-2,5,14-15H2;1H/t11-;/m0./s1. The zero-order valence-corrected chi connectivity index (χ0v) is 11.9. The molecule has 2 rings (SSSR count). The highest BCUT2D eigenvalue weighted by atomic mass is 79.9. The summed E-state index contributed by atoms with van der Waals surface area (Å²) >= 11 is 3.48. The predicted octanol–water partition coefficient (Wildman–Crippen LogP) is 3.09. The fourth-order valence-corrected chi connectivity index (χ4v) is 2.28. The van der Waals surface area contributed by atoms with E-state index in [1.54, 1.807) is 0 Å². The van der Waals surface area contributed by atoms with E-state index in [1.165, 1.54) is 10.9 Å². The number of benzene rings is 1. The van der Waals surface area contributed by atoms with Crippen LogP contribution in [0.2, 0.25) is 0 Å². The molecular weight excluding hydrogens is 302 g/mol. The van der Waals surface area contributed by atoms with Crippen molar-refractivity contribution in [1.29, 1.82) is 0 Å². The summed E-state index contributed by atoms with van der Waals surface area (Å²) < 4.78 is 1.08. The van der Waals surface area contributed by atoms with Crippen LogP contribution in [-0.4, -0.2) is 11.5 Å². The molecule has 0 amide bonds. The Morgan fingerprint density at radius 1 is 1.35 bits per heavy atom. The Labute approximate surface area is 115 Å². The van der Waals surface area contributed by atoms with Gasteiger partial charge < -0.3 is 16.5 Å². The molecule has 0 saturated heterocycles. The second-order valence-corrected chi connectivity index (χ2v) is 4.89. The van der Waals surface area contributed by atoms with Gasteiger partial charge in [-0.3, -0.25) is 0 Å². The van der Waals surface area contributed by atoms with Gasteiger partial charge in [0.1, 0.15) is 0 Å². The first-order valence-electron chi connectivity index (χ1n) is 5.44. The summed E-state index contributed by atoms with van der Waals surface area (Å²) in [6, 6.07) is 6.24. The molecule has 0 bridgehead atoms. The Bertz CT molecular complexity index is 484. The van der Waals surface area contributed by atoms with Crippen LogP contribution in [0.25, 0.3) is 10.9 Å². The third kappa shape index (κ3) is 3.22. The van der Waals surface area contributed by atoms with Crippen molar-refractivity contribution < 1.29 is 0 Å². The van der Waals surface area contributed by atoms with Gasteiger partial charge in [-0.05, 0) is 43.1 Å². The highest BCUT2D eigenvalue weighted by Crippen LogP contribution is 2.27. The average Bonchev–Trinajstić information content (AvgIpc) is 2.68. The maximum Gasteiger partial charge on any atom is 0.0458 e. The molecule has 0 aliphatic heterocycles. The smallest absolute Gasteiger partial charge is 0.0458 e. The van der Waals surface area contributed by atoms with Gasteiger partial charge in [0.2, 0.25) is 0 Å². The Balaban J connectivity index is 0.00000144. The number of nitrogens with two attached hydrogens (primary N) is 2. The van der Waals surface area contributed by atoms with Gasteiger partial charge >= 0.3 is 0 Å². The highest BCUT2D eigenvalue weighted by molar-refractivity contribution is 9.10. The Hall–Kier alpha value is -0.550. The average molecular weight is 319 g/mol. The van der Waals surface area contributed by atoms with Crippen LogP contribution in [0.4, 0.5) is 0 Å². The minimum atomic E-state index is 0. The normalized spacial score (nSPS) is 12.4. The van der Waals surface area contributed by atoms with Crippen LogP contribution >= 0.6 is 28.3 Å². The van der Waals surface area contributed by atoms with Gasteiger partial charge in [0.25, 0.3) is 0 Å². The Morgan fingerprint density at radius 2 is 2.12 bits per heavy atom. The molecule has 0 spiro atoms. The molecule has 5 heteroatoms. The lowest BCUT2D eigenvalue weighted by atomic mass is 10.0. The number of H-pyrrole nitrogens is 1. The van der Waals surface area contributed by atoms with Gasteiger partial charge in [0, 0.05) is 27.6 Å². The molecule has 0 unspecified atom stereocenters. The molecule has 5 N–H and O–H groups in total. The Kier molecular flexibility index (Phi) is 5.46. The predicted molar refractivity (Wildman–Crippen MR) is 78.5 cm³/mol. The van der Waals surface area contributed by atoms with Gasteiger partial charge in [0.05, 0.1) is 0 Å². The van der Waals surface area contributed by atoms with Crippen molar-refractivity contribution in [2.24, 2.45) is 11.5 Å². The van der Waals surface area contributed by atoms with Crippen LogP contribution in [0.3, 0.4) is 0 Å². The molecule has 0 aliphatic carbocycles. The van der Waals surface area contributed by atoms with E-state index in [9.17, 15) is 0 Å². The van der Waals surface area contributed by atoms with Crippen LogP contribution in [0.15, 0.2) is 28.9 Å². The fourth-order valence-electron chi connectivity index (χ4n) is 1.91. The molecule has 1 aromatic heterocycles. The zero-order chi connectivity index (χ0) is 11.5. The van der Waals surface area contributed by atoms with E-state index in [-0.39, 0.29) is 18.4 Å². The minimum absolute atomic E-state index is 0. The van der Waals surface area contributed by atoms with Gasteiger partial charge in [-0.2, -0.15) is 0 Å². The van der Waals surface area contributed by atoms with Crippen molar-refractivity contribution in [3.05, 3.63) is 34.4 Å². The second kappa shape index (κ2) is 6.40. The monoisotopic (exact) mass is 317 g/mol. The van der Waals surface area contributed by atoms with Crippen molar-refractivity contribution in [2.45, 2.75) is 18.9 Å². The van der Waals surface area contributed by atoms with Gasteiger partial charge in [-0.1, -0.05) is 15.9 Å². The molecule has 1 heterocycles. The quantitative estimate of drug-likeness (QED) is 0.811. The van der Waals surface area contributed by atoms with Gasteiger partial charge in [-0.25, -0.2) is 0 Å². The van der Waals surface area contributed by atoms with E-state index in [0.717, 1.165) is 22.8 Å². The molecule has 2 aromatic rings. The van der Waals surface area contributed by atoms with E-state index >= 15 is 0 Å². The van der Waals surface area contributed by atoms with E-state index in [1.807, 2.05) is 12.3 Å². The molecule has 94 valence electrons. The topological polar surface area (TPSA) is 67.8 Å². The lowest BCUT2D eigenvalue weighted by Crippen LogP contribution is -2.12. The molecule has 1 atom stereocenters. The summed E-state index contributed by atoms with van der Waals surface area (Å²) in [5.74, 6) is 0. The first-order chi connectivity index (χ1) is 7.72. The number of fused-ring (bicyclic) bond motifs is 1. The number of aromatic amines is 1. The van der Waals surface area contributed by atoms with Crippen LogP contribution < -0.4 is 11.5 Å². The zero-order valence-electron chi connectivity index (χ0n) is 9.45. The fraction of sp³-hybridized carbons (Fsp3) is 0.333. The maximum absolute atomic E-state index is 6.15. The van der Waals surface area contributed by atoms with E-state index in [2.05, 4.69) is 33.0 Å². The lowest BCUT2D eigenvalue weighted by molar-refractivity contribution is 0.621. The minimum Gasteiger partial charge on any atom is -0.361 e. The molecular formula is C12H17BrClN3. The Morgan fingerprint density at radius 3 is 2.82 bits per heavy atom. The number of nitrogens with one attached hydrogen (secondary N) is 1. The summed E-state index contributed by atoms with van der Waals surface area (Å²) in [5.41, 5.74) is 13.9. The molecule has 0 aliphatic rings. The largest absolute Gasteiger partial charge is 0.361 e. The first kappa shape index (κ1) is 14.5. The number of hydrogen-bond donors (Lipinski definition) is 3. The maximum atomic E-state index is 6.15. The van der Waals surface area contributed by atoms with Gasteiger partial charge in [0.15, 0.2) is 0 Å². The van der Waals surface area contributed by atoms with Crippen molar-refractivity contribution >= 4 is 39.2 Å². The summed E-state index contributed by atoms with van der Waals surface area (Å²) in [6.45, 7) is 0.694.